The van der Waals surface area contributed by atoms with E-state index in [-0.39, 0.29) is 11.5 Å². The molecule has 1 N–H and O–H groups in total. The Labute approximate surface area is 140 Å². The van der Waals surface area contributed by atoms with Crippen LogP contribution in [-0.4, -0.2) is 47.4 Å². The van der Waals surface area contributed by atoms with E-state index in [0.29, 0.717) is 31.7 Å². The van der Waals surface area contributed by atoms with E-state index in [9.17, 15) is 14.0 Å². The fourth-order valence-electron chi connectivity index (χ4n) is 2.90. The maximum absolute atomic E-state index is 13.3. The maximum atomic E-state index is 13.3. The number of nitrogens with zero attached hydrogens (tertiary/aromatic N) is 3. The fraction of sp³-hybridized carbons (Fsp3) is 0.471. The van der Waals surface area contributed by atoms with Gasteiger partial charge in [-0.2, -0.15) is 5.26 Å². The van der Waals surface area contributed by atoms with Crippen molar-refractivity contribution in [3.63, 3.8) is 0 Å². The van der Waals surface area contributed by atoms with Gasteiger partial charge >= 0.3 is 6.03 Å². The molecule has 1 saturated heterocycles. The number of carbonyl (C=O) groups excluding carboxylic acids is 2. The lowest BCUT2D eigenvalue weighted by Crippen LogP contribution is -2.49. The molecule has 0 radical (unpaired) electrons. The lowest BCUT2D eigenvalue weighted by Gasteiger charge is -2.29. The predicted molar refractivity (Wildman–Crippen MR) is 87.8 cm³/mol. The summed E-state index contributed by atoms with van der Waals surface area (Å²) < 4.78 is 13.3. The van der Waals surface area contributed by atoms with Gasteiger partial charge in [-0.25, -0.2) is 9.18 Å². The molecule has 0 bridgehead atoms. The number of halogens is 1. The number of urea groups is 1. The lowest BCUT2D eigenvalue weighted by atomic mass is 10.2. The van der Waals surface area contributed by atoms with Crippen LogP contribution in [0.1, 0.15) is 32.3 Å². The first-order valence-electron chi connectivity index (χ1n) is 8.07. The molecule has 7 heteroatoms. The van der Waals surface area contributed by atoms with E-state index in [1.54, 1.807) is 11.0 Å². The Hall–Kier alpha value is -2.62. The molecule has 1 fully saturated rings. The minimum Gasteiger partial charge on any atom is -0.341 e. The number of hydrogen-bond donors (Lipinski definition) is 1. The first kappa shape index (κ1) is 17.7. The van der Waals surface area contributed by atoms with E-state index >= 15 is 0 Å². The maximum Gasteiger partial charge on any atom is 0.322 e. The number of rotatable bonds is 4. The summed E-state index contributed by atoms with van der Waals surface area (Å²) in [5, 5.41) is 11.5. The van der Waals surface area contributed by atoms with Crippen molar-refractivity contribution in [1.82, 2.24) is 9.80 Å². The number of nitrogens with one attached hydrogen (secondary N) is 1. The zero-order valence-corrected chi connectivity index (χ0v) is 13.9. The van der Waals surface area contributed by atoms with Crippen LogP contribution in [0.4, 0.5) is 14.9 Å². The van der Waals surface area contributed by atoms with Crippen LogP contribution in [0, 0.1) is 17.1 Å². The van der Waals surface area contributed by atoms with Gasteiger partial charge in [-0.3, -0.25) is 4.79 Å². The molecular weight excluding hydrogens is 311 g/mol. The van der Waals surface area contributed by atoms with Gasteiger partial charge in [0.1, 0.15) is 17.9 Å². The van der Waals surface area contributed by atoms with Gasteiger partial charge in [0, 0.05) is 25.3 Å². The number of carbonyl (C=O) groups is 2. The second-order valence-electron chi connectivity index (χ2n) is 5.60. The Morgan fingerprint density at radius 1 is 1.42 bits per heavy atom. The SMILES string of the molecule is CCN(CC)C(=O)C1CCCN1C(=O)Nc1ccc(F)c(C#N)c1. The first-order valence-corrected chi connectivity index (χ1v) is 8.07. The van der Waals surface area contributed by atoms with Crippen molar-refractivity contribution in [1.29, 1.82) is 5.26 Å². The molecule has 6 nitrogen and oxygen atoms in total. The Balaban J connectivity index is 2.11. The lowest BCUT2D eigenvalue weighted by molar-refractivity contribution is -0.134. The molecule has 1 heterocycles. The number of likely N-dealkylation sites (N-methyl/N-ethyl adjacent to an activating group) is 1. The zero-order valence-electron chi connectivity index (χ0n) is 13.9. The second kappa shape index (κ2) is 7.77. The Bertz CT molecular complexity index is 667. The van der Waals surface area contributed by atoms with Crippen LogP contribution < -0.4 is 5.32 Å². The zero-order chi connectivity index (χ0) is 17.7. The summed E-state index contributed by atoms with van der Waals surface area (Å²) in [5.41, 5.74) is 0.198. The molecule has 0 aromatic heterocycles. The van der Waals surface area contributed by atoms with Crippen LogP contribution >= 0.6 is 0 Å². The third-order valence-electron chi connectivity index (χ3n) is 4.21. The van der Waals surface area contributed by atoms with Crippen molar-refractivity contribution in [3.8, 4) is 6.07 Å². The Morgan fingerprint density at radius 3 is 2.75 bits per heavy atom. The quantitative estimate of drug-likeness (QED) is 0.920. The summed E-state index contributed by atoms with van der Waals surface area (Å²) in [7, 11) is 0. The molecule has 0 saturated carbocycles. The number of anilines is 1. The standard InChI is InChI=1S/C17H21FN4O2/c1-3-21(4-2)16(23)15-6-5-9-22(15)17(24)20-13-7-8-14(18)12(10-13)11-19/h7-8,10,15H,3-6,9H2,1-2H3,(H,20,24). The average Bonchev–Trinajstić information content (AvgIpc) is 3.07. The summed E-state index contributed by atoms with van der Waals surface area (Å²) >= 11 is 0. The minimum absolute atomic E-state index is 0.0514. The molecule has 1 aromatic carbocycles. The molecule has 1 unspecified atom stereocenters. The molecule has 24 heavy (non-hydrogen) atoms. The number of hydrogen-bond acceptors (Lipinski definition) is 3. The van der Waals surface area contributed by atoms with E-state index < -0.39 is 17.9 Å². The van der Waals surface area contributed by atoms with Gasteiger partial charge in [0.25, 0.3) is 0 Å². The molecule has 0 spiro atoms. The summed E-state index contributed by atoms with van der Waals surface area (Å²) in [6.45, 7) is 5.51. The minimum atomic E-state index is -0.633. The molecule has 1 aliphatic heterocycles. The van der Waals surface area contributed by atoms with Crippen molar-refractivity contribution in [2.24, 2.45) is 0 Å². The van der Waals surface area contributed by atoms with Gasteiger partial charge in [-0.15, -0.1) is 0 Å². The second-order valence-corrected chi connectivity index (χ2v) is 5.60. The third kappa shape index (κ3) is 3.65. The molecular formula is C17H21FN4O2. The van der Waals surface area contributed by atoms with E-state index in [2.05, 4.69) is 5.32 Å². The highest BCUT2D eigenvalue weighted by Crippen LogP contribution is 2.21. The van der Waals surface area contributed by atoms with Gasteiger partial charge in [-0.05, 0) is 44.9 Å². The van der Waals surface area contributed by atoms with Crippen LogP contribution in [0.5, 0.6) is 0 Å². The molecule has 1 atom stereocenters. The third-order valence-corrected chi connectivity index (χ3v) is 4.21. The highest BCUT2D eigenvalue weighted by atomic mass is 19.1. The molecule has 2 rings (SSSR count). The Morgan fingerprint density at radius 2 is 2.12 bits per heavy atom. The molecule has 0 aliphatic carbocycles. The van der Waals surface area contributed by atoms with Crippen LogP contribution in [0.15, 0.2) is 18.2 Å². The molecule has 3 amide bonds. The topological polar surface area (TPSA) is 76.4 Å². The predicted octanol–water partition coefficient (Wildman–Crippen LogP) is 2.56. The number of amides is 3. The van der Waals surface area contributed by atoms with E-state index in [1.807, 2.05) is 13.8 Å². The van der Waals surface area contributed by atoms with Crippen LogP contribution in [0.25, 0.3) is 0 Å². The van der Waals surface area contributed by atoms with Crippen molar-refractivity contribution >= 4 is 17.6 Å². The van der Waals surface area contributed by atoms with Crippen molar-refractivity contribution in [2.75, 3.05) is 25.0 Å². The molecule has 128 valence electrons. The summed E-state index contributed by atoms with van der Waals surface area (Å²) in [6.07, 6.45) is 1.40. The number of benzene rings is 1. The Kier molecular flexibility index (Phi) is 5.74. The smallest absolute Gasteiger partial charge is 0.322 e. The first-order chi connectivity index (χ1) is 11.5. The fourth-order valence-corrected chi connectivity index (χ4v) is 2.90. The van der Waals surface area contributed by atoms with Gasteiger partial charge in [0.05, 0.1) is 5.56 Å². The summed E-state index contributed by atoms with van der Waals surface area (Å²) in [5.74, 6) is -0.685. The van der Waals surface area contributed by atoms with Gasteiger partial charge < -0.3 is 15.1 Å². The van der Waals surface area contributed by atoms with Crippen LogP contribution in [0.2, 0.25) is 0 Å². The van der Waals surface area contributed by atoms with Gasteiger partial charge in [0.15, 0.2) is 0 Å². The van der Waals surface area contributed by atoms with Crippen molar-refractivity contribution in [3.05, 3.63) is 29.6 Å². The van der Waals surface area contributed by atoms with Gasteiger partial charge in [-0.1, -0.05) is 0 Å². The highest BCUT2D eigenvalue weighted by Gasteiger charge is 2.35. The van der Waals surface area contributed by atoms with E-state index in [4.69, 9.17) is 5.26 Å². The number of nitriles is 1. The summed E-state index contributed by atoms with van der Waals surface area (Å²) in [6, 6.07) is 4.67. The van der Waals surface area contributed by atoms with Crippen molar-refractivity contribution < 1.29 is 14.0 Å². The average molecular weight is 332 g/mol. The van der Waals surface area contributed by atoms with Crippen LogP contribution in [-0.2, 0) is 4.79 Å². The molecule has 1 aromatic rings. The molecule has 1 aliphatic rings. The summed E-state index contributed by atoms with van der Waals surface area (Å²) in [4.78, 5) is 28.2. The van der Waals surface area contributed by atoms with E-state index in [1.165, 1.54) is 17.0 Å². The van der Waals surface area contributed by atoms with Crippen LogP contribution in [0.3, 0.4) is 0 Å². The number of likely N-dealkylation sites (tertiary alicyclic amines) is 1. The van der Waals surface area contributed by atoms with Crippen molar-refractivity contribution in [2.45, 2.75) is 32.7 Å². The normalized spacial score (nSPS) is 16.6. The monoisotopic (exact) mass is 332 g/mol. The largest absolute Gasteiger partial charge is 0.341 e. The highest BCUT2D eigenvalue weighted by molar-refractivity contribution is 5.94. The van der Waals surface area contributed by atoms with Gasteiger partial charge in [0.2, 0.25) is 5.91 Å². The van der Waals surface area contributed by atoms with E-state index in [0.717, 1.165) is 12.5 Å².